The van der Waals surface area contributed by atoms with Gasteiger partial charge in [-0.3, -0.25) is 4.90 Å². The van der Waals surface area contributed by atoms with Crippen LogP contribution in [0.3, 0.4) is 0 Å². The van der Waals surface area contributed by atoms with Gasteiger partial charge in [-0.25, -0.2) is 4.79 Å². The van der Waals surface area contributed by atoms with Gasteiger partial charge >= 0.3 is 5.97 Å². The third kappa shape index (κ3) is 3.36. The summed E-state index contributed by atoms with van der Waals surface area (Å²) in [6.07, 6.45) is 3.86. The molecule has 1 aliphatic heterocycles. The van der Waals surface area contributed by atoms with Gasteiger partial charge in [-0.1, -0.05) is 6.92 Å². The standard InChI is InChI=1S/C14H22N2O3/c1-3-16(12-4-7-15-8-5-12)10-11-6-9-19-13(11)14(17)18-2/h6,9,12,15H,3-5,7-8,10H2,1-2H3. The van der Waals surface area contributed by atoms with Crippen LogP contribution in [-0.2, 0) is 11.3 Å². The van der Waals surface area contributed by atoms with E-state index in [-0.39, 0.29) is 0 Å². The summed E-state index contributed by atoms with van der Waals surface area (Å²) in [5.41, 5.74) is 0.909. The van der Waals surface area contributed by atoms with Gasteiger partial charge in [-0.2, -0.15) is 0 Å². The number of ether oxygens (including phenoxy) is 1. The number of nitrogens with zero attached hydrogens (tertiary/aromatic N) is 1. The zero-order valence-corrected chi connectivity index (χ0v) is 11.6. The molecule has 0 aliphatic carbocycles. The lowest BCUT2D eigenvalue weighted by molar-refractivity contribution is 0.0560. The third-order valence-corrected chi connectivity index (χ3v) is 3.72. The summed E-state index contributed by atoms with van der Waals surface area (Å²) in [7, 11) is 1.37. The van der Waals surface area contributed by atoms with E-state index in [1.165, 1.54) is 7.11 Å². The predicted octanol–water partition coefficient (Wildman–Crippen LogP) is 1.64. The number of furan rings is 1. The van der Waals surface area contributed by atoms with Gasteiger partial charge < -0.3 is 14.5 Å². The van der Waals surface area contributed by atoms with Crippen LogP contribution in [-0.4, -0.2) is 43.7 Å². The quantitative estimate of drug-likeness (QED) is 0.821. The number of nitrogens with one attached hydrogen (secondary N) is 1. The first kappa shape index (κ1) is 14.1. The summed E-state index contributed by atoms with van der Waals surface area (Å²) in [5.74, 6) is -0.0729. The van der Waals surface area contributed by atoms with E-state index in [4.69, 9.17) is 9.15 Å². The Hall–Kier alpha value is -1.33. The average Bonchev–Trinajstić information content (AvgIpc) is 2.93. The van der Waals surface area contributed by atoms with Crippen molar-refractivity contribution in [2.45, 2.75) is 32.4 Å². The molecule has 1 aromatic rings. The average molecular weight is 266 g/mol. The molecule has 0 amide bonds. The maximum atomic E-state index is 11.6. The highest BCUT2D eigenvalue weighted by molar-refractivity contribution is 5.87. The van der Waals surface area contributed by atoms with Gasteiger partial charge in [0.2, 0.25) is 5.76 Å². The molecule has 2 heterocycles. The molecule has 1 aliphatic rings. The van der Waals surface area contributed by atoms with E-state index < -0.39 is 5.97 Å². The fraction of sp³-hybridized carbons (Fsp3) is 0.643. The highest BCUT2D eigenvalue weighted by Gasteiger charge is 2.23. The molecule has 106 valence electrons. The minimum absolute atomic E-state index is 0.329. The Morgan fingerprint density at radius 3 is 2.89 bits per heavy atom. The maximum Gasteiger partial charge on any atom is 0.374 e. The maximum absolute atomic E-state index is 11.6. The van der Waals surface area contributed by atoms with Crippen LogP contribution in [0.25, 0.3) is 0 Å². The highest BCUT2D eigenvalue weighted by atomic mass is 16.5. The lowest BCUT2D eigenvalue weighted by Gasteiger charge is -2.33. The van der Waals surface area contributed by atoms with Crippen molar-refractivity contribution in [3.8, 4) is 0 Å². The summed E-state index contributed by atoms with van der Waals surface area (Å²) in [5, 5.41) is 3.37. The Balaban J connectivity index is 2.05. The number of carbonyl (C=O) groups excluding carboxylic acids is 1. The van der Waals surface area contributed by atoms with Crippen molar-refractivity contribution in [2.24, 2.45) is 0 Å². The predicted molar refractivity (Wildman–Crippen MR) is 72.0 cm³/mol. The smallest absolute Gasteiger partial charge is 0.374 e. The van der Waals surface area contributed by atoms with Gasteiger partial charge in [0.25, 0.3) is 0 Å². The van der Waals surface area contributed by atoms with Gasteiger partial charge in [0.1, 0.15) is 0 Å². The van der Waals surface area contributed by atoms with Crippen molar-refractivity contribution in [1.29, 1.82) is 0 Å². The third-order valence-electron chi connectivity index (χ3n) is 3.72. The molecule has 5 nitrogen and oxygen atoms in total. The Bertz CT molecular complexity index is 411. The molecule has 19 heavy (non-hydrogen) atoms. The molecular weight excluding hydrogens is 244 g/mol. The molecule has 0 atom stereocenters. The van der Waals surface area contributed by atoms with E-state index >= 15 is 0 Å². The fourth-order valence-corrected chi connectivity index (χ4v) is 2.62. The van der Waals surface area contributed by atoms with Gasteiger partial charge in [0.15, 0.2) is 0 Å². The van der Waals surface area contributed by atoms with E-state index in [0.717, 1.165) is 44.6 Å². The van der Waals surface area contributed by atoms with Crippen LogP contribution in [0, 0.1) is 0 Å². The fourth-order valence-electron chi connectivity index (χ4n) is 2.62. The highest BCUT2D eigenvalue weighted by Crippen LogP contribution is 2.19. The molecule has 0 saturated carbocycles. The largest absolute Gasteiger partial charge is 0.463 e. The van der Waals surface area contributed by atoms with Crippen LogP contribution in [0.15, 0.2) is 16.7 Å². The normalized spacial score (nSPS) is 16.8. The Labute approximate surface area is 113 Å². The van der Waals surface area contributed by atoms with Crippen LogP contribution >= 0.6 is 0 Å². The van der Waals surface area contributed by atoms with Gasteiger partial charge in [-0.15, -0.1) is 0 Å². The zero-order valence-electron chi connectivity index (χ0n) is 11.6. The Morgan fingerprint density at radius 1 is 1.53 bits per heavy atom. The van der Waals surface area contributed by atoms with Crippen molar-refractivity contribution >= 4 is 5.97 Å². The molecule has 1 aromatic heterocycles. The Morgan fingerprint density at radius 2 is 2.26 bits per heavy atom. The van der Waals surface area contributed by atoms with E-state index in [1.54, 1.807) is 6.26 Å². The van der Waals surface area contributed by atoms with Crippen molar-refractivity contribution in [1.82, 2.24) is 10.2 Å². The molecule has 2 rings (SSSR count). The zero-order chi connectivity index (χ0) is 13.7. The summed E-state index contributed by atoms with van der Waals surface area (Å²) in [4.78, 5) is 14.0. The summed E-state index contributed by atoms with van der Waals surface area (Å²) in [6, 6.07) is 2.43. The van der Waals surface area contributed by atoms with Crippen LogP contribution in [0.2, 0.25) is 0 Å². The van der Waals surface area contributed by atoms with Gasteiger partial charge in [0, 0.05) is 18.2 Å². The van der Waals surface area contributed by atoms with Crippen molar-refractivity contribution in [3.05, 3.63) is 23.7 Å². The molecular formula is C14H22N2O3. The molecule has 0 radical (unpaired) electrons. The van der Waals surface area contributed by atoms with E-state index in [9.17, 15) is 4.79 Å². The van der Waals surface area contributed by atoms with Gasteiger partial charge in [0.05, 0.1) is 13.4 Å². The number of hydrogen-bond donors (Lipinski definition) is 1. The Kier molecular flexibility index (Phi) is 4.99. The van der Waals surface area contributed by atoms with Crippen LogP contribution in [0.1, 0.15) is 35.9 Å². The monoisotopic (exact) mass is 266 g/mol. The SMILES string of the molecule is CCN(Cc1ccoc1C(=O)OC)C1CCNCC1. The first-order valence-corrected chi connectivity index (χ1v) is 6.85. The topological polar surface area (TPSA) is 54.7 Å². The van der Waals surface area contributed by atoms with Crippen molar-refractivity contribution in [2.75, 3.05) is 26.7 Å². The molecule has 1 saturated heterocycles. The van der Waals surface area contributed by atoms with Crippen molar-refractivity contribution in [3.63, 3.8) is 0 Å². The lowest BCUT2D eigenvalue weighted by Crippen LogP contribution is -2.42. The second-order valence-electron chi connectivity index (χ2n) is 4.81. The summed E-state index contributed by atoms with van der Waals surface area (Å²) >= 11 is 0. The van der Waals surface area contributed by atoms with E-state index in [1.807, 2.05) is 6.07 Å². The molecule has 1 fully saturated rings. The number of carbonyl (C=O) groups is 1. The minimum Gasteiger partial charge on any atom is -0.463 e. The van der Waals surface area contributed by atoms with E-state index in [2.05, 4.69) is 17.1 Å². The molecule has 0 spiro atoms. The molecule has 1 N–H and O–H groups in total. The van der Waals surface area contributed by atoms with Crippen LogP contribution in [0.5, 0.6) is 0 Å². The van der Waals surface area contributed by atoms with Gasteiger partial charge in [-0.05, 0) is 38.5 Å². The van der Waals surface area contributed by atoms with E-state index in [0.29, 0.717) is 11.8 Å². The second-order valence-corrected chi connectivity index (χ2v) is 4.81. The number of methoxy groups -OCH3 is 1. The second kappa shape index (κ2) is 6.73. The number of rotatable bonds is 5. The number of piperidine rings is 1. The lowest BCUT2D eigenvalue weighted by atomic mass is 10.0. The molecule has 0 unspecified atom stereocenters. The summed E-state index contributed by atoms with van der Waals surface area (Å²) in [6.45, 7) is 5.99. The molecule has 0 aromatic carbocycles. The first-order chi connectivity index (χ1) is 9.26. The number of esters is 1. The molecule has 5 heteroatoms. The minimum atomic E-state index is -0.402. The van der Waals surface area contributed by atoms with Crippen molar-refractivity contribution < 1.29 is 13.9 Å². The summed E-state index contributed by atoms with van der Waals surface area (Å²) < 4.78 is 9.97. The van der Waals surface area contributed by atoms with Crippen LogP contribution < -0.4 is 5.32 Å². The van der Waals surface area contributed by atoms with Crippen LogP contribution in [0.4, 0.5) is 0 Å². The first-order valence-electron chi connectivity index (χ1n) is 6.85. The number of hydrogen-bond acceptors (Lipinski definition) is 5. The molecule has 0 bridgehead atoms.